The fraction of sp³-hybridized carbons (Fsp3) is 0.471. The molecular formula is C17H21N3O4. The van der Waals surface area contributed by atoms with E-state index >= 15 is 0 Å². The SMILES string of the molecule is CCCc1oncc1C(=O)N[C@@H]1CCOC[C@H]1Oc1ccccn1. The molecule has 24 heavy (non-hydrogen) atoms. The molecule has 1 N–H and O–H groups in total. The van der Waals surface area contributed by atoms with Gasteiger partial charge in [0.2, 0.25) is 5.88 Å². The van der Waals surface area contributed by atoms with Crippen LogP contribution in [0, 0.1) is 0 Å². The molecule has 0 unspecified atom stereocenters. The third-order valence-electron chi connectivity index (χ3n) is 3.90. The maximum absolute atomic E-state index is 12.5. The molecule has 2 aromatic heterocycles. The third-order valence-corrected chi connectivity index (χ3v) is 3.90. The Morgan fingerprint density at radius 1 is 1.46 bits per heavy atom. The van der Waals surface area contributed by atoms with E-state index in [0.29, 0.717) is 43.3 Å². The normalized spacial score (nSPS) is 20.5. The molecule has 1 saturated heterocycles. The number of nitrogens with one attached hydrogen (secondary N) is 1. The first-order chi connectivity index (χ1) is 11.8. The van der Waals surface area contributed by atoms with Crippen molar-refractivity contribution in [2.45, 2.75) is 38.3 Å². The van der Waals surface area contributed by atoms with Crippen molar-refractivity contribution >= 4 is 5.91 Å². The lowest BCUT2D eigenvalue weighted by Gasteiger charge is -2.31. The standard InChI is InChI=1S/C17H21N3O4/c1-2-5-14-12(10-19-24-14)17(21)20-13-7-9-22-11-15(13)23-16-6-3-4-8-18-16/h3-4,6,8,10,13,15H,2,5,7,9,11H2,1H3,(H,20,21)/t13-,15-/m1/s1. The van der Waals surface area contributed by atoms with Crippen LogP contribution in [0.2, 0.25) is 0 Å². The molecule has 0 radical (unpaired) electrons. The van der Waals surface area contributed by atoms with Gasteiger partial charge in [0.1, 0.15) is 17.4 Å². The van der Waals surface area contributed by atoms with Crippen molar-refractivity contribution in [2.24, 2.45) is 0 Å². The number of pyridine rings is 1. The first-order valence-corrected chi connectivity index (χ1v) is 8.17. The zero-order valence-electron chi connectivity index (χ0n) is 13.6. The number of aryl methyl sites for hydroxylation is 1. The number of carbonyl (C=O) groups is 1. The Kier molecular flexibility index (Phi) is 5.43. The molecule has 0 spiro atoms. The molecule has 1 aliphatic rings. The molecular weight excluding hydrogens is 310 g/mol. The van der Waals surface area contributed by atoms with Crippen molar-refractivity contribution in [3.8, 4) is 5.88 Å². The summed E-state index contributed by atoms with van der Waals surface area (Å²) in [5, 5.41) is 6.76. The Morgan fingerprint density at radius 3 is 3.17 bits per heavy atom. The van der Waals surface area contributed by atoms with Crippen LogP contribution >= 0.6 is 0 Å². The van der Waals surface area contributed by atoms with Gasteiger partial charge in [-0.1, -0.05) is 18.1 Å². The second-order valence-corrected chi connectivity index (χ2v) is 5.68. The molecule has 7 heteroatoms. The Hall–Kier alpha value is -2.41. The van der Waals surface area contributed by atoms with E-state index in [1.54, 1.807) is 12.3 Å². The molecule has 0 aromatic carbocycles. The fourth-order valence-electron chi connectivity index (χ4n) is 2.67. The number of carbonyl (C=O) groups excluding carboxylic acids is 1. The lowest BCUT2D eigenvalue weighted by Crippen LogP contribution is -2.51. The molecule has 128 valence electrons. The van der Waals surface area contributed by atoms with Gasteiger partial charge in [0, 0.05) is 25.3 Å². The van der Waals surface area contributed by atoms with E-state index in [9.17, 15) is 4.79 Å². The van der Waals surface area contributed by atoms with Gasteiger partial charge in [-0.3, -0.25) is 4.79 Å². The zero-order chi connectivity index (χ0) is 16.8. The Balaban J connectivity index is 1.67. The van der Waals surface area contributed by atoms with Gasteiger partial charge in [0.25, 0.3) is 5.91 Å². The summed E-state index contributed by atoms with van der Waals surface area (Å²) in [6.45, 7) is 3.02. The molecule has 0 bridgehead atoms. The largest absolute Gasteiger partial charge is 0.470 e. The highest BCUT2D eigenvalue weighted by Gasteiger charge is 2.30. The number of rotatable bonds is 6. The second kappa shape index (κ2) is 7.92. The predicted octanol–water partition coefficient (Wildman–Crippen LogP) is 1.99. The van der Waals surface area contributed by atoms with Crippen molar-refractivity contribution < 1.29 is 18.8 Å². The van der Waals surface area contributed by atoms with Crippen LogP contribution < -0.4 is 10.1 Å². The summed E-state index contributed by atoms with van der Waals surface area (Å²) in [5.41, 5.74) is 0.486. The molecule has 0 saturated carbocycles. The summed E-state index contributed by atoms with van der Waals surface area (Å²) < 4.78 is 16.5. The van der Waals surface area contributed by atoms with Gasteiger partial charge in [-0.15, -0.1) is 0 Å². The van der Waals surface area contributed by atoms with E-state index in [1.807, 2.05) is 19.1 Å². The Labute approximate surface area is 140 Å². The highest BCUT2D eigenvalue weighted by Crippen LogP contribution is 2.17. The molecule has 7 nitrogen and oxygen atoms in total. The van der Waals surface area contributed by atoms with Crippen LogP contribution in [0.3, 0.4) is 0 Å². The summed E-state index contributed by atoms with van der Waals surface area (Å²) in [4.78, 5) is 16.7. The van der Waals surface area contributed by atoms with E-state index in [4.69, 9.17) is 14.0 Å². The second-order valence-electron chi connectivity index (χ2n) is 5.68. The van der Waals surface area contributed by atoms with E-state index < -0.39 is 0 Å². The Morgan fingerprint density at radius 2 is 2.38 bits per heavy atom. The third kappa shape index (κ3) is 3.91. The number of hydrogen-bond donors (Lipinski definition) is 1. The molecule has 3 heterocycles. The van der Waals surface area contributed by atoms with Crippen molar-refractivity contribution in [3.63, 3.8) is 0 Å². The van der Waals surface area contributed by atoms with Crippen LogP contribution in [0.4, 0.5) is 0 Å². The van der Waals surface area contributed by atoms with Crippen molar-refractivity contribution in [1.29, 1.82) is 0 Å². The van der Waals surface area contributed by atoms with Crippen LogP contribution in [0.1, 0.15) is 35.9 Å². The minimum absolute atomic E-state index is 0.155. The molecule has 1 amide bonds. The lowest BCUT2D eigenvalue weighted by atomic mass is 10.0. The summed E-state index contributed by atoms with van der Waals surface area (Å²) in [6.07, 6.45) is 5.10. The van der Waals surface area contributed by atoms with Gasteiger partial charge in [0.05, 0.1) is 18.8 Å². The van der Waals surface area contributed by atoms with Gasteiger partial charge < -0.3 is 19.3 Å². The van der Waals surface area contributed by atoms with E-state index in [2.05, 4.69) is 15.5 Å². The smallest absolute Gasteiger partial charge is 0.256 e. The zero-order valence-corrected chi connectivity index (χ0v) is 13.6. The Bertz CT molecular complexity index is 659. The first-order valence-electron chi connectivity index (χ1n) is 8.17. The number of amides is 1. The summed E-state index contributed by atoms with van der Waals surface area (Å²) >= 11 is 0. The van der Waals surface area contributed by atoms with E-state index in [-0.39, 0.29) is 18.1 Å². The molecule has 2 atom stereocenters. The number of aromatic nitrogens is 2. The highest BCUT2D eigenvalue weighted by molar-refractivity contribution is 5.95. The van der Waals surface area contributed by atoms with Crippen LogP contribution in [-0.4, -0.2) is 41.4 Å². The first kappa shape index (κ1) is 16.4. The number of ether oxygens (including phenoxy) is 2. The topological polar surface area (TPSA) is 86.5 Å². The molecule has 1 aliphatic heterocycles. The van der Waals surface area contributed by atoms with Gasteiger partial charge in [0.15, 0.2) is 0 Å². The van der Waals surface area contributed by atoms with Crippen LogP contribution in [0.5, 0.6) is 5.88 Å². The van der Waals surface area contributed by atoms with E-state index in [0.717, 1.165) is 6.42 Å². The van der Waals surface area contributed by atoms with Crippen LogP contribution in [-0.2, 0) is 11.2 Å². The minimum Gasteiger partial charge on any atom is -0.470 e. The van der Waals surface area contributed by atoms with Gasteiger partial charge in [-0.05, 0) is 18.9 Å². The van der Waals surface area contributed by atoms with Crippen molar-refractivity contribution in [2.75, 3.05) is 13.2 Å². The minimum atomic E-state index is -0.285. The van der Waals surface area contributed by atoms with Gasteiger partial charge >= 0.3 is 0 Å². The van der Waals surface area contributed by atoms with E-state index in [1.165, 1.54) is 6.20 Å². The molecule has 1 fully saturated rings. The predicted molar refractivity (Wildman–Crippen MR) is 85.8 cm³/mol. The average molecular weight is 331 g/mol. The highest BCUT2D eigenvalue weighted by atomic mass is 16.5. The monoisotopic (exact) mass is 331 g/mol. The van der Waals surface area contributed by atoms with Crippen LogP contribution in [0.25, 0.3) is 0 Å². The maximum Gasteiger partial charge on any atom is 0.256 e. The average Bonchev–Trinajstić information content (AvgIpc) is 3.06. The van der Waals surface area contributed by atoms with Gasteiger partial charge in [-0.25, -0.2) is 4.98 Å². The summed E-state index contributed by atoms with van der Waals surface area (Å²) in [5.74, 6) is 0.939. The summed E-state index contributed by atoms with van der Waals surface area (Å²) in [6, 6.07) is 5.31. The van der Waals surface area contributed by atoms with Crippen LogP contribution in [0.15, 0.2) is 35.1 Å². The lowest BCUT2D eigenvalue weighted by molar-refractivity contribution is -0.0153. The molecule has 3 rings (SSSR count). The number of nitrogens with zero attached hydrogens (tertiary/aromatic N) is 2. The fourth-order valence-corrected chi connectivity index (χ4v) is 2.67. The summed E-state index contributed by atoms with van der Waals surface area (Å²) in [7, 11) is 0. The van der Waals surface area contributed by atoms with Crippen molar-refractivity contribution in [3.05, 3.63) is 41.9 Å². The molecule has 0 aliphatic carbocycles. The quantitative estimate of drug-likeness (QED) is 0.871. The van der Waals surface area contributed by atoms with Gasteiger partial charge in [-0.2, -0.15) is 0 Å². The molecule has 2 aromatic rings. The maximum atomic E-state index is 12.5. The number of hydrogen-bond acceptors (Lipinski definition) is 6. The van der Waals surface area contributed by atoms with Crippen molar-refractivity contribution in [1.82, 2.24) is 15.5 Å².